The van der Waals surface area contributed by atoms with E-state index in [1.807, 2.05) is 13.8 Å². The van der Waals surface area contributed by atoms with Crippen molar-refractivity contribution in [1.29, 1.82) is 0 Å². The maximum Gasteiger partial charge on any atom is 0.316 e. The van der Waals surface area contributed by atoms with E-state index in [-0.39, 0.29) is 0 Å². The van der Waals surface area contributed by atoms with E-state index in [0.29, 0.717) is 6.01 Å². The van der Waals surface area contributed by atoms with Crippen LogP contribution in [0.5, 0.6) is 6.01 Å². The molecule has 0 saturated heterocycles. The second kappa shape index (κ2) is 5.22. The van der Waals surface area contributed by atoms with Crippen molar-refractivity contribution in [3.63, 3.8) is 0 Å². The molecule has 0 fully saturated rings. The van der Waals surface area contributed by atoms with Gasteiger partial charge in [-0.15, -0.1) is 0 Å². The van der Waals surface area contributed by atoms with Gasteiger partial charge in [0.05, 0.1) is 29.5 Å². The molecule has 1 aliphatic rings. The number of rotatable bonds is 2. The highest BCUT2D eigenvalue weighted by molar-refractivity contribution is 5.95. The van der Waals surface area contributed by atoms with E-state index in [1.165, 1.54) is 0 Å². The van der Waals surface area contributed by atoms with Gasteiger partial charge in [-0.2, -0.15) is 9.97 Å². The third kappa shape index (κ3) is 2.13. The Kier molecular flexibility index (Phi) is 3.18. The number of hydrogen-bond donors (Lipinski definition) is 1. The first kappa shape index (κ1) is 14.0. The second-order valence-corrected chi connectivity index (χ2v) is 5.80. The van der Waals surface area contributed by atoms with Crippen molar-refractivity contribution in [1.82, 2.24) is 19.5 Å². The predicted octanol–water partition coefficient (Wildman–Crippen LogP) is 2.93. The van der Waals surface area contributed by atoms with Crippen LogP contribution in [0.25, 0.3) is 22.2 Å². The lowest BCUT2D eigenvalue weighted by Crippen LogP contribution is -2.16. The number of nitrogens with one attached hydrogen (secondary N) is 1. The van der Waals surface area contributed by atoms with Gasteiger partial charge >= 0.3 is 6.01 Å². The number of benzene rings is 1. The van der Waals surface area contributed by atoms with Crippen molar-refractivity contribution in [3.8, 4) is 17.1 Å². The first-order valence-electron chi connectivity index (χ1n) is 7.82. The lowest BCUT2D eigenvalue weighted by atomic mass is 10.0. The molecule has 6 heteroatoms. The van der Waals surface area contributed by atoms with Crippen LogP contribution in [0.15, 0.2) is 18.2 Å². The number of methoxy groups -OCH3 is 1. The van der Waals surface area contributed by atoms with Crippen molar-refractivity contribution >= 4 is 17.0 Å². The molecule has 0 atom stereocenters. The maximum atomic E-state index is 5.17. The molecule has 3 heterocycles. The molecule has 0 unspecified atom stereocenters. The van der Waals surface area contributed by atoms with Crippen LogP contribution in [0.2, 0.25) is 0 Å². The highest BCUT2D eigenvalue weighted by Crippen LogP contribution is 2.34. The SMILES string of the molecule is COc1nc(C)c(-c2cccc3c2nc2n3CCCN2)c(C)n1. The molecular formula is C17H19N5O. The number of fused-ring (bicyclic) bond motifs is 3. The van der Waals surface area contributed by atoms with E-state index in [9.17, 15) is 0 Å². The molecule has 0 aliphatic carbocycles. The van der Waals surface area contributed by atoms with E-state index in [2.05, 4.69) is 38.1 Å². The molecule has 1 aliphatic heterocycles. The Morgan fingerprint density at radius 2 is 1.91 bits per heavy atom. The quantitative estimate of drug-likeness (QED) is 0.788. The van der Waals surface area contributed by atoms with Crippen LogP contribution in [0.1, 0.15) is 17.8 Å². The Morgan fingerprint density at radius 3 is 2.65 bits per heavy atom. The highest BCUT2D eigenvalue weighted by Gasteiger charge is 2.19. The zero-order chi connectivity index (χ0) is 16.0. The molecular weight excluding hydrogens is 290 g/mol. The van der Waals surface area contributed by atoms with Gasteiger partial charge in [0.15, 0.2) is 0 Å². The van der Waals surface area contributed by atoms with E-state index in [4.69, 9.17) is 9.72 Å². The average molecular weight is 309 g/mol. The molecule has 1 N–H and O–H groups in total. The number of anilines is 1. The third-order valence-corrected chi connectivity index (χ3v) is 4.32. The summed E-state index contributed by atoms with van der Waals surface area (Å²) in [6, 6.07) is 6.69. The van der Waals surface area contributed by atoms with E-state index < -0.39 is 0 Å². The van der Waals surface area contributed by atoms with Gasteiger partial charge < -0.3 is 14.6 Å². The van der Waals surface area contributed by atoms with E-state index >= 15 is 0 Å². The van der Waals surface area contributed by atoms with E-state index in [0.717, 1.165) is 59.0 Å². The maximum absolute atomic E-state index is 5.17. The number of aryl methyl sites for hydroxylation is 3. The summed E-state index contributed by atoms with van der Waals surface area (Å²) in [6.07, 6.45) is 1.12. The van der Waals surface area contributed by atoms with Crippen molar-refractivity contribution in [3.05, 3.63) is 29.6 Å². The van der Waals surface area contributed by atoms with Crippen molar-refractivity contribution < 1.29 is 4.74 Å². The Labute approximate surface area is 134 Å². The largest absolute Gasteiger partial charge is 0.467 e. The summed E-state index contributed by atoms with van der Waals surface area (Å²) < 4.78 is 7.42. The summed E-state index contributed by atoms with van der Waals surface area (Å²) in [5, 5.41) is 3.38. The number of hydrogen-bond acceptors (Lipinski definition) is 5. The lowest BCUT2D eigenvalue weighted by molar-refractivity contribution is 0.378. The number of aromatic nitrogens is 4. The van der Waals surface area contributed by atoms with Gasteiger partial charge in [0.1, 0.15) is 0 Å². The first-order chi connectivity index (χ1) is 11.2. The first-order valence-corrected chi connectivity index (χ1v) is 7.82. The van der Waals surface area contributed by atoms with Gasteiger partial charge in [0, 0.05) is 24.2 Å². The van der Waals surface area contributed by atoms with Gasteiger partial charge in [-0.05, 0) is 26.3 Å². The van der Waals surface area contributed by atoms with Crippen LogP contribution in [0, 0.1) is 13.8 Å². The molecule has 1 aromatic carbocycles. The predicted molar refractivity (Wildman–Crippen MR) is 89.9 cm³/mol. The fourth-order valence-electron chi connectivity index (χ4n) is 3.31. The van der Waals surface area contributed by atoms with Crippen molar-refractivity contribution in [2.24, 2.45) is 0 Å². The molecule has 0 bridgehead atoms. The van der Waals surface area contributed by atoms with E-state index in [1.54, 1.807) is 7.11 Å². The Balaban J connectivity index is 1.98. The van der Waals surface area contributed by atoms with Crippen LogP contribution in [0.3, 0.4) is 0 Å². The summed E-state index contributed by atoms with van der Waals surface area (Å²) in [5.41, 5.74) is 6.06. The minimum Gasteiger partial charge on any atom is -0.467 e. The van der Waals surface area contributed by atoms with Crippen LogP contribution >= 0.6 is 0 Å². The standard InChI is InChI=1S/C17H19N5O/c1-10-14(11(2)20-17(19-10)23-3)12-6-4-7-13-15(12)21-16-18-8-5-9-22(13)16/h4,6-7H,5,8-9H2,1-3H3,(H,18,21). The average Bonchev–Trinajstić information content (AvgIpc) is 2.93. The Bertz CT molecular complexity index is 876. The summed E-state index contributed by atoms with van der Waals surface area (Å²) in [7, 11) is 1.59. The van der Waals surface area contributed by atoms with Gasteiger partial charge in [0.2, 0.25) is 5.95 Å². The summed E-state index contributed by atoms with van der Waals surface area (Å²) in [6.45, 7) is 5.95. The molecule has 23 heavy (non-hydrogen) atoms. The van der Waals surface area contributed by atoms with Crippen molar-refractivity contribution in [2.45, 2.75) is 26.8 Å². The van der Waals surface area contributed by atoms with Gasteiger partial charge in [-0.1, -0.05) is 12.1 Å². The molecule has 3 aromatic rings. The number of para-hydroxylation sites is 1. The van der Waals surface area contributed by atoms with Gasteiger partial charge in [-0.25, -0.2) is 4.98 Å². The minimum atomic E-state index is 0.404. The molecule has 2 aromatic heterocycles. The van der Waals surface area contributed by atoms with Gasteiger partial charge in [0.25, 0.3) is 0 Å². The van der Waals surface area contributed by atoms with Crippen molar-refractivity contribution in [2.75, 3.05) is 19.0 Å². The third-order valence-electron chi connectivity index (χ3n) is 4.32. The number of nitrogens with zero attached hydrogens (tertiary/aromatic N) is 4. The molecule has 0 spiro atoms. The fraction of sp³-hybridized carbons (Fsp3) is 0.353. The topological polar surface area (TPSA) is 64.9 Å². The zero-order valence-corrected chi connectivity index (χ0v) is 13.6. The monoisotopic (exact) mass is 309 g/mol. The number of ether oxygens (including phenoxy) is 1. The highest BCUT2D eigenvalue weighted by atomic mass is 16.5. The molecule has 0 saturated carbocycles. The summed E-state index contributed by atoms with van der Waals surface area (Å²) in [4.78, 5) is 13.7. The van der Waals surface area contributed by atoms with Crippen LogP contribution in [-0.2, 0) is 6.54 Å². The Hall–Kier alpha value is -2.63. The second-order valence-electron chi connectivity index (χ2n) is 5.80. The zero-order valence-electron chi connectivity index (χ0n) is 13.6. The fourth-order valence-corrected chi connectivity index (χ4v) is 3.31. The Morgan fingerprint density at radius 1 is 1.13 bits per heavy atom. The van der Waals surface area contributed by atoms with Crippen LogP contribution < -0.4 is 10.1 Å². The van der Waals surface area contributed by atoms with Crippen LogP contribution in [-0.4, -0.2) is 33.2 Å². The molecule has 0 radical (unpaired) electrons. The normalized spacial score (nSPS) is 13.7. The molecule has 118 valence electrons. The summed E-state index contributed by atoms with van der Waals surface area (Å²) in [5.74, 6) is 0.948. The van der Waals surface area contributed by atoms with Crippen LogP contribution in [0.4, 0.5) is 5.95 Å². The molecule has 6 nitrogen and oxygen atoms in total. The molecule has 0 amide bonds. The minimum absolute atomic E-state index is 0.404. The lowest BCUT2D eigenvalue weighted by Gasteiger charge is -2.15. The smallest absolute Gasteiger partial charge is 0.316 e. The molecule has 4 rings (SSSR count). The number of imidazole rings is 1. The van der Waals surface area contributed by atoms with Gasteiger partial charge in [-0.3, -0.25) is 0 Å². The summed E-state index contributed by atoms with van der Waals surface area (Å²) >= 11 is 0.